The highest BCUT2D eigenvalue weighted by Gasteiger charge is 2.19. The van der Waals surface area contributed by atoms with E-state index < -0.39 is 0 Å². The molecule has 0 aliphatic rings. The Balaban J connectivity index is 1.89. The molecule has 4 rings (SSSR count). The van der Waals surface area contributed by atoms with Gasteiger partial charge < -0.3 is 10.7 Å². The standard InChI is InChI=1S/C19H17N5O/c1-24-17(20)16(15(23-24)11-12-7-3-2-4-8-12)18-21-14-10-6-5-9-13(14)19(25)22-18/h2-10H,11,20H2,1H3,(H,21,22,25). The molecule has 0 aliphatic heterocycles. The summed E-state index contributed by atoms with van der Waals surface area (Å²) in [6.07, 6.45) is 0.609. The molecule has 0 saturated heterocycles. The third kappa shape index (κ3) is 2.67. The van der Waals surface area contributed by atoms with Crippen molar-refractivity contribution < 1.29 is 0 Å². The molecule has 0 aliphatic carbocycles. The fraction of sp³-hybridized carbons (Fsp3) is 0.105. The van der Waals surface area contributed by atoms with E-state index in [4.69, 9.17) is 5.73 Å². The Labute approximate surface area is 144 Å². The lowest BCUT2D eigenvalue weighted by atomic mass is 10.1. The van der Waals surface area contributed by atoms with Crippen LogP contribution in [0.15, 0.2) is 59.4 Å². The van der Waals surface area contributed by atoms with Crippen LogP contribution in [-0.2, 0) is 13.5 Å². The van der Waals surface area contributed by atoms with Gasteiger partial charge in [0.25, 0.3) is 5.56 Å². The molecule has 2 aromatic heterocycles. The minimum atomic E-state index is -0.186. The number of H-pyrrole nitrogens is 1. The van der Waals surface area contributed by atoms with Crippen LogP contribution in [0.1, 0.15) is 11.3 Å². The highest BCUT2D eigenvalue weighted by atomic mass is 16.1. The topological polar surface area (TPSA) is 89.6 Å². The first-order chi connectivity index (χ1) is 12.1. The van der Waals surface area contributed by atoms with E-state index in [1.807, 2.05) is 48.5 Å². The number of nitrogen functional groups attached to an aromatic ring is 1. The molecular formula is C19H17N5O. The monoisotopic (exact) mass is 331 g/mol. The van der Waals surface area contributed by atoms with Crippen molar-refractivity contribution in [3.05, 3.63) is 76.2 Å². The number of nitrogens with two attached hydrogens (primary N) is 1. The first-order valence-corrected chi connectivity index (χ1v) is 7.98. The average Bonchev–Trinajstić information content (AvgIpc) is 2.89. The summed E-state index contributed by atoms with van der Waals surface area (Å²) in [6.45, 7) is 0. The predicted molar refractivity (Wildman–Crippen MR) is 98.2 cm³/mol. The van der Waals surface area contributed by atoms with E-state index in [2.05, 4.69) is 15.1 Å². The Kier molecular flexibility index (Phi) is 3.57. The Hall–Kier alpha value is -3.41. The van der Waals surface area contributed by atoms with E-state index in [-0.39, 0.29) is 5.56 Å². The largest absolute Gasteiger partial charge is 0.383 e. The van der Waals surface area contributed by atoms with Crippen LogP contribution in [0.3, 0.4) is 0 Å². The highest BCUT2D eigenvalue weighted by Crippen LogP contribution is 2.28. The second-order valence-corrected chi connectivity index (χ2v) is 5.92. The molecule has 0 fully saturated rings. The van der Waals surface area contributed by atoms with Crippen LogP contribution in [0.25, 0.3) is 22.3 Å². The van der Waals surface area contributed by atoms with Crippen LogP contribution < -0.4 is 11.3 Å². The number of fused-ring (bicyclic) bond motifs is 1. The van der Waals surface area contributed by atoms with E-state index in [1.54, 1.807) is 17.8 Å². The zero-order valence-electron chi connectivity index (χ0n) is 13.7. The molecule has 0 unspecified atom stereocenters. The van der Waals surface area contributed by atoms with E-state index in [0.717, 1.165) is 11.3 Å². The van der Waals surface area contributed by atoms with Crippen molar-refractivity contribution in [2.45, 2.75) is 6.42 Å². The molecule has 6 nitrogen and oxygen atoms in total. The molecule has 25 heavy (non-hydrogen) atoms. The van der Waals surface area contributed by atoms with Crippen molar-refractivity contribution >= 4 is 16.7 Å². The van der Waals surface area contributed by atoms with Gasteiger partial charge in [0.1, 0.15) is 11.6 Å². The van der Waals surface area contributed by atoms with Crippen LogP contribution in [0.2, 0.25) is 0 Å². The summed E-state index contributed by atoms with van der Waals surface area (Å²) in [4.78, 5) is 19.8. The van der Waals surface area contributed by atoms with Gasteiger partial charge >= 0.3 is 0 Å². The summed E-state index contributed by atoms with van der Waals surface area (Å²) < 4.78 is 1.61. The predicted octanol–water partition coefficient (Wildman–Crippen LogP) is 2.50. The van der Waals surface area contributed by atoms with Crippen molar-refractivity contribution in [2.75, 3.05) is 5.73 Å². The van der Waals surface area contributed by atoms with Gasteiger partial charge in [-0.05, 0) is 17.7 Å². The van der Waals surface area contributed by atoms with E-state index in [0.29, 0.717) is 34.5 Å². The Morgan fingerprint density at radius 3 is 2.60 bits per heavy atom. The number of benzene rings is 2. The smallest absolute Gasteiger partial charge is 0.259 e. The van der Waals surface area contributed by atoms with Crippen molar-refractivity contribution in [3.63, 3.8) is 0 Å². The quantitative estimate of drug-likeness (QED) is 0.603. The summed E-state index contributed by atoms with van der Waals surface area (Å²) in [7, 11) is 1.78. The third-order valence-electron chi connectivity index (χ3n) is 4.23. The molecule has 0 atom stereocenters. The molecule has 4 aromatic rings. The van der Waals surface area contributed by atoms with Gasteiger partial charge in [0.2, 0.25) is 0 Å². The number of para-hydroxylation sites is 1. The number of nitrogens with one attached hydrogen (secondary N) is 1. The lowest BCUT2D eigenvalue weighted by Crippen LogP contribution is -2.10. The maximum absolute atomic E-state index is 12.4. The van der Waals surface area contributed by atoms with Gasteiger partial charge in [0, 0.05) is 13.5 Å². The SMILES string of the molecule is Cn1nc(Cc2ccccc2)c(-c2nc3ccccc3c(=O)[nH]2)c1N. The van der Waals surface area contributed by atoms with Gasteiger partial charge in [-0.2, -0.15) is 5.10 Å². The second-order valence-electron chi connectivity index (χ2n) is 5.92. The fourth-order valence-corrected chi connectivity index (χ4v) is 2.97. The number of aromatic amines is 1. The van der Waals surface area contributed by atoms with Gasteiger partial charge in [-0.15, -0.1) is 0 Å². The number of hydrogen-bond acceptors (Lipinski definition) is 4. The fourth-order valence-electron chi connectivity index (χ4n) is 2.97. The maximum atomic E-state index is 12.4. The van der Waals surface area contributed by atoms with Crippen LogP contribution >= 0.6 is 0 Å². The molecule has 0 radical (unpaired) electrons. The van der Waals surface area contributed by atoms with Crippen molar-refractivity contribution in [1.82, 2.24) is 19.7 Å². The van der Waals surface area contributed by atoms with Gasteiger partial charge in [0.05, 0.1) is 22.2 Å². The minimum absolute atomic E-state index is 0.186. The first-order valence-electron chi connectivity index (χ1n) is 7.98. The molecular weight excluding hydrogens is 314 g/mol. The second kappa shape index (κ2) is 5.90. The van der Waals surface area contributed by atoms with E-state index in [1.165, 1.54) is 0 Å². The van der Waals surface area contributed by atoms with Gasteiger partial charge in [0.15, 0.2) is 0 Å². The van der Waals surface area contributed by atoms with Gasteiger partial charge in [-0.25, -0.2) is 4.98 Å². The lowest BCUT2D eigenvalue weighted by Gasteiger charge is -2.05. The number of hydrogen-bond donors (Lipinski definition) is 2. The highest BCUT2D eigenvalue weighted by molar-refractivity contribution is 5.81. The summed E-state index contributed by atoms with van der Waals surface area (Å²) in [5.74, 6) is 0.921. The van der Waals surface area contributed by atoms with Crippen LogP contribution in [0.5, 0.6) is 0 Å². The number of nitrogens with zero attached hydrogens (tertiary/aromatic N) is 3. The van der Waals surface area contributed by atoms with Crippen molar-refractivity contribution in [1.29, 1.82) is 0 Å². The number of aryl methyl sites for hydroxylation is 1. The summed E-state index contributed by atoms with van der Waals surface area (Å²) in [6, 6.07) is 17.2. The number of rotatable bonds is 3. The van der Waals surface area contributed by atoms with Gasteiger partial charge in [-0.3, -0.25) is 9.48 Å². The van der Waals surface area contributed by atoms with Crippen molar-refractivity contribution in [3.8, 4) is 11.4 Å². The Bertz CT molecular complexity index is 1110. The molecule has 3 N–H and O–H groups in total. The Morgan fingerprint density at radius 2 is 1.80 bits per heavy atom. The van der Waals surface area contributed by atoms with Gasteiger partial charge in [-0.1, -0.05) is 42.5 Å². The average molecular weight is 331 g/mol. The Morgan fingerprint density at radius 1 is 1.08 bits per heavy atom. The molecule has 6 heteroatoms. The zero-order valence-corrected chi connectivity index (χ0v) is 13.7. The molecule has 2 heterocycles. The molecule has 2 aromatic carbocycles. The molecule has 0 bridgehead atoms. The normalized spacial score (nSPS) is 11.1. The molecule has 124 valence electrons. The lowest BCUT2D eigenvalue weighted by molar-refractivity contribution is 0.759. The third-order valence-corrected chi connectivity index (χ3v) is 4.23. The first kappa shape index (κ1) is 15.1. The molecule has 0 saturated carbocycles. The molecule has 0 spiro atoms. The number of anilines is 1. The number of aromatic nitrogens is 4. The maximum Gasteiger partial charge on any atom is 0.259 e. The summed E-state index contributed by atoms with van der Waals surface area (Å²) in [5, 5.41) is 5.08. The van der Waals surface area contributed by atoms with E-state index >= 15 is 0 Å². The zero-order chi connectivity index (χ0) is 17.4. The van der Waals surface area contributed by atoms with Crippen LogP contribution in [-0.4, -0.2) is 19.7 Å². The van der Waals surface area contributed by atoms with Crippen molar-refractivity contribution in [2.24, 2.45) is 7.05 Å². The van der Waals surface area contributed by atoms with Crippen LogP contribution in [0, 0.1) is 0 Å². The molecule has 0 amide bonds. The summed E-state index contributed by atoms with van der Waals surface area (Å²) in [5.41, 5.74) is 9.24. The van der Waals surface area contributed by atoms with E-state index in [9.17, 15) is 4.79 Å². The summed E-state index contributed by atoms with van der Waals surface area (Å²) >= 11 is 0. The minimum Gasteiger partial charge on any atom is -0.383 e. The van der Waals surface area contributed by atoms with Crippen LogP contribution in [0.4, 0.5) is 5.82 Å².